The molecule has 2 aromatic rings. The van der Waals surface area contributed by atoms with E-state index in [1.165, 1.54) is 14.0 Å². The molecule has 2 N–H and O–H groups in total. The molecule has 0 bridgehead atoms. The van der Waals surface area contributed by atoms with Crippen LogP contribution in [0.3, 0.4) is 0 Å². The van der Waals surface area contributed by atoms with E-state index in [1.807, 2.05) is 37.3 Å². The van der Waals surface area contributed by atoms with Gasteiger partial charge in [-0.25, -0.2) is 14.1 Å². The number of methoxy groups -OCH3 is 2. The number of amides is 1. The van der Waals surface area contributed by atoms with Crippen LogP contribution < -0.4 is 0 Å². The molecule has 2 heterocycles. The first kappa shape index (κ1) is 22.2. The second-order valence-corrected chi connectivity index (χ2v) is 7.89. The smallest absolute Gasteiger partial charge is 0.377 e. The van der Waals surface area contributed by atoms with Crippen LogP contribution in [0, 0.1) is 0 Å². The zero-order chi connectivity index (χ0) is 21.9. The fourth-order valence-electron chi connectivity index (χ4n) is 4.97. The molecule has 1 aromatic heterocycles. The Labute approximate surface area is 176 Å². The lowest BCUT2D eigenvalue weighted by Crippen LogP contribution is -2.72. The Kier molecular flexibility index (Phi) is 6.45. The average molecular weight is 416 g/mol. The van der Waals surface area contributed by atoms with Gasteiger partial charge in [0.2, 0.25) is 0 Å². The summed E-state index contributed by atoms with van der Waals surface area (Å²) in [5, 5.41) is 11.7. The number of hydrogen-bond acceptors (Lipinski definition) is 5. The van der Waals surface area contributed by atoms with Crippen molar-refractivity contribution < 1.29 is 28.7 Å². The van der Waals surface area contributed by atoms with Gasteiger partial charge < -0.3 is 19.6 Å². The molecule has 3 rings (SSSR count). The summed E-state index contributed by atoms with van der Waals surface area (Å²) in [6.45, 7) is 3.87. The third-order valence-electron chi connectivity index (χ3n) is 6.52. The molecule has 1 aromatic carbocycles. The zero-order valence-corrected chi connectivity index (χ0v) is 18.2. The van der Waals surface area contributed by atoms with E-state index < -0.39 is 18.1 Å². The van der Waals surface area contributed by atoms with Crippen molar-refractivity contribution in [1.29, 1.82) is 0 Å². The van der Waals surface area contributed by atoms with Gasteiger partial charge in [0.15, 0.2) is 0 Å². The Morgan fingerprint density at radius 1 is 1.30 bits per heavy atom. The van der Waals surface area contributed by atoms with Gasteiger partial charge in [0.05, 0.1) is 32.9 Å². The molecule has 0 aliphatic carbocycles. The first-order valence-corrected chi connectivity index (χ1v) is 10.2. The summed E-state index contributed by atoms with van der Waals surface area (Å²) in [7, 11) is 2.88. The summed E-state index contributed by atoms with van der Waals surface area (Å²) in [6, 6.07) is 7.65. The maximum absolute atomic E-state index is 13.5. The number of H-pyrrole nitrogens is 1. The first-order chi connectivity index (χ1) is 14.4. The molecule has 30 heavy (non-hydrogen) atoms. The second kappa shape index (κ2) is 8.71. The molecule has 2 unspecified atom stereocenters. The molecular weight excluding hydrogens is 384 g/mol. The number of fused-ring (bicyclic) bond motifs is 1. The quantitative estimate of drug-likeness (QED) is 0.430. The topological polar surface area (TPSA) is 88.6 Å². The lowest BCUT2D eigenvalue weighted by Gasteiger charge is -2.50. The van der Waals surface area contributed by atoms with Crippen LogP contribution in [0.2, 0.25) is 0 Å². The van der Waals surface area contributed by atoms with Gasteiger partial charge in [-0.15, -0.1) is 0 Å². The molecule has 1 amide bonds. The van der Waals surface area contributed by atoms with Crippen LogP contribution in [-0.4, -0.2) is 60.4 Å². The van der Waals surface area contributed by atoms with Gasteiger partial charge in [-0.1, -0.05) is 24.3 Å². The summed E-state index contributed by atoms with van der Waals surface area (Å²) in [5.74, 6) is -0.822. The summed E-state index contributed by atoms with van der Waals surface area (Å²) in [6.07, 6.45) is 3.59. The molecule has 1 fully saturated rings. The molecule has 0 spiro atoms. The van der Waals surface area contributed by atoms with Crippen molar-refractivity contribution >= 4 is 22.8 Å². The van der Waals surface area contributed by atoms with Crippen LogP contribution in [0.25, 0.3) is 10.9 Å². The number of quaternary nitrogens is 1. The van der Waals surface area contributed by atoms with E-state index in [-0.39, 0.29) is 17.0 Å². The number of hydrogen-bond donors (Lipinski definition) is 2. The highest BCUT2D eigenvalue weighted by atomic mass is 16.5. The van der Waals surface area contributed by atoms with Crippen molar-refractivity contribution in [2.45, 2.75) is 38.8 Å². The molecule has 0 radical (unpaired) electrons. The number of rotatable bonds is 6. The molecule has 7 heteroatoms. The minimum absolute atomic E-state index is 0.185. The van der Waals surface area contributed by atoms with Crippen molar-refractivity contribution in [2.24, 2.45) is 0 Å². The average Bonchev–Trinajstić information content (AvgIpc) is 3.13. The van der Waals surface area contributed by atoms with E-state index in [0.29, 0.717) is 18.8 Å². The van der Waals surface area contributed by atoms with Crippen molar-refractivity contribution in [2.75, 3.05) is 33.9 Å². The van der Waals surface area contributed by atoms with E-state index in [0.717, 1.165) is 34.9 Å². The van der Waals surface area contributed by atoms with Gasteiger partial charge in [-0.2, -0.15) is 0 Å². The predicted molar refractivity (Wildman–Crippen MR) is 113 cm³/mol. The van der Waals surface area contributed by atoms with Gasteiger partial charge in [0.25, 0.3) is 5.54 Å². The van der Waals surface area contributed by atoms with Gasteiger partial charge in [-0.3, -0.25) is 0 Å². The van der Waals surface area contributed by atoms with Crippen molar-refractivity contribution in [3.8, 4) is 0 Å². The van der Waals surface area contributed by atoms with E-state index in [2.05, 4.69) is 4.98 Å². The SMILES string of the molecule is C/C=C1/CCC[N+](C(C)=O)(C(CO)(C(=O)OC)c2[nH]c3ccccc3c2COC)C1. The molecule has 1 saturated heterocycles. The molecule has 2 atom stereocenters. The Hall–Kier alpha value is -2.48. The summed E-state index contributed by atoms with van der Waals surface area (Å²) in [4.78, 5) is 30.1. The number of aromatic nitrogens is 1. The van der Waals surface area contributed by atoms with Gasteiger partial charge >= 0.3 is 11.9 Å². The predicted octanol–water partition coefficient (Wildman–Crippen LogP) is 2.78. The normalized spacial score (nSPS) is 22.8. The number of esters is 1. The number of para-hydroxylation sites is 1. The molecule has 1 aliphatic rings. The van der Waals surface area contributed by atoms with E-state index in [1.54, 1.807) is 7.11 Å². The zero-order valence-electron chi connectivity index (χ0n) is 18.2. The van der Waals surface area contributed by atoms with Crippen LogP contribution in [0.15, 0.2) is 35.9 Å². The van der Waals surface area contributed by atoms with Crippen molar-refractivity contribution in [3.05, 3.63) is 47.2 Å². The highest BCUT2D eigenvalue weighted by Crippen LogP contribution is 2.44. The standard InChI is InChI=1S/C23H31N2O5/c1-5-17-9-8-12-25(13-17,16(2)27)23(15-26,22(28)30-4)21-19(14-29-3)18-10-6-7-11-20(18)24-21/h5-7,10-11,24,26H,8-9,12-15H2,1-4H3/q+1/b17-5-. The Morgan fingerprint density at radius 3 is 2.63 bits per heavy atom. The molecular formula is C23H31N2O5+. The number of piperidine rings is 1. The van der Waals surface area contributed by atoms with E-state index in [9.17, 15) is 14.7 Å². The fraction of sp³-hybridized carbons (Fsp3) is 0.478. The summed E-state index contributed by atoms with van der Waals surface area (Å²) >= 11 is 0. The Morgan fingerprint density at radius 2 is 2.03 bits per heavy atom. The number of aliphatic hydroxyl groups excluding tert-OH is 1. The van der Waals surface area contributed by atoms with Gasteiger partial charge in [-0.05, 0) is 25.0 Å². The largest absolute Gasteiger partial charge is 0.464 e. The number of aromatic amines is 1. The fourth-order valence-corrected chi connectivity index (χ4v) is 4.97. The number of benzene rings is 1. The third kappa shape index (κ3) is 3.17. The highest BCUT2D eigenvalue weighted by molar-refractivity contribution is 5.90. The summed E-state index contributed by atoms with van der Waals surface area (Å²) in [5.41, 5.74) is 1.50. The molecule has 162 valence electrons. The highest BCUT2D eigenvalue weighted by Gasteiger charge is 2.64. The lowest BCUT2D eigenvalue weighted by molar-refractivity contribution is -0.904. The van der Waals surface area contributed by atoms with Crippen molar-refractivity contribution in [3.63, 3.8) is 0 Å². The molecule has 0 saturated carbocycles. The lowest BCUT2D eigenvalue weighted by atomic mass is 9.83. The minimum Gasteiger partial charge on any atom is -0.464 e. The van der Waals surface area contributed by atoms with Crippen LogP contribution in [0.5, 0.6) is 0 Å². The molecule has 7 nitrogen and oxygen atoms in total. The number of carbonyl (C=O) groups excluding carboxylic acids is 2. The number of allylic oxidation sites excluding steroid dienone is 1. The maximum Gasteiger partial charge on any atom is 0.377 e. The van der Waals surface area contributed by atoms with E-state index in [4.69, 9.17) is 9.47 Å². The summed E-state index contributed by atoms with van der Waals surface area (Å²) < 4.78 is 10.5. The number of likely N-dealkylation sites (tertiary alicyclic amines) is 1. The number of nitrogens with zero attached hydrogens (tertiary/aromatic N) is 1. The van der Waals surface area contributed by atoms with Crippen LogP contribution in [0.1, 0.15) is 37.9 Å². The number of ether oxygens (including phenoxy) is 2. The first-order valence-electron chi connectivity index (χ1n) is 10.2. The number of carbonyl (C=O) groups is 2. The number of aliphatic hydroxyl groups is 1. The van der Waals surface area contributed by atoms with Gasteiger partial charge in [0, 0.05) is 30.0 Å². The minimum atomic E-state index is -1.62. The monoisotopic (exact) mass is 415 g/mol. The van der Waals surface area contributed by atoms with Crippen LogP contribution in [-0.2, 0) is 31.2 Å². The Balaban J connectivity index is 2.41. The second-order valence-electron chi connectivity index (χ2n) is 7.89. The van der Waals surface area contributed by atoms with Gasteiger partial charge in [0.1, 0.15) is 13.2 Å². The van der Waals surface area contributed by atoms with E-state index >= 15 is 0 Å². The third-order valence-corrected chi connectivity index (χ3v) is 6.52. The Bertz CT molecular complexity index is 979. The van der Waals surface area contributed by atoms with Crippen molar-refractivity contribution in [1.82, 2.24) is 4.98 Å². The molecule has 1 aliphatic heterocycles. The van der Waals surface area contributed by atoms with Crippen LogP contribution in [0.4, 0.5) is 0 Å². The maximum atomic E-state index is 13.5. The van der Waals surface area contributed by atoms with Crippen LogP contribution >= 0.6 is 0 Å². The number of nitrogens with one attached hydrogen (secondary N) is 1.